The Labute approximate surface area is 111 Å². The van der Waals surface area contributed by atoms with E-state index in [1.54, 1.807) is 0 Å². The Morgan fingerprint density at radius 3 is 2.63 bits per heavy atom. The Kier molecular flexibility index (Phi) is 5.43. The normalized spacial score (nSPS) is 10.7. The van der Waals surface area contributed by atoms with E-state index in [0.29, 0.717) is 19.1 Å². The summed E-state index contributed by atoms with van der Waals surface area (Å²) in [6.45, 7) is 6.65. The molecule has 0 aliphatic heterocycles. The molecule has 0 atom stereocenters. The predicted octanol–water partition coefficient (Wildman–Crippen LogP) is 1.33. The van der Waals surface area contributed by atoms with Crippen molar-refractivity contribution in [3.63, 3.8) is 0 Å². The van der Waals surface area contributed by atoms with E-state index in [0.717, 1.165) is 0 Å². The molecule has 1 rings (SSSR count). The van der Waals surface area contributed by atoms with Crippen LogP contribution in [0.5, 0.6) is 5.88 Å². The summed E-state index contributed by atoms with van der Waals surface area (Å²) in [5.74, 6) is 0.246. The van der Waals surface area contributed by atoms with Crippen LogP contribution in [-0.2, 0) is 4.74 Å². The maximum absolute atomic E-state index is 10.9. The SMILES string of the molecule is Cc1nc(N)nc(OCCOCC(C)C)c1[N+](=O)[O-]. The molecule has 0 spiro atoms. The second kappa shape index (κ2) is 6.83. The maximum atomic E-state index is 10.9. The average molecular weight is 270 g/mol. The van der Waals surface area contributed by atoms with Crippen molar-refractivity contribution in [3.8, 4) is 5.88 Å². The van der Waals surface area contributed by atoms with Gasteiger partial charge in [0, 0.05) is 6.61 Å². The first-order chi connectivity index (χ1) is 8.91. The lowest BCUT2D eigenvalue weighted by Gasteiger charge is -2.09. The Morgan fingerprint density at radius 1 is 1.37 bits per heavy atom. The highest BCUT2D eigenvalue weighted by Crippen LogP contribution is 2.27. The second-order valence-corrected chi connectivity index (χ2v) is 4.40. The van der Waals surface area contributed by atoms with Gasteiger partial charge >= 0.3 is 5.69 Å². The van der Waals surface area contributed by atoms with Gasteiger partial charge < -0.3 is 15.2 Å². The van der Waals surface area contributed by atoms with E-state index >= 15 is 0 Å². The topological polar surface area (TPSA) is 113 Å². The van der Waals surface area contributed by atoms with E-state index < -0.39 is 4.92 Å². The van der Waals surface area contributed by atoms with Crippen molar-refractivity contribution >= 4 is 11.6 Å². The summed E-state index contributed by atoms with van der Waals surface area (Å²) in [6, 6.07) is 0. The molecule has 0 aliphatic rings. The first-order valence-electron chi connectivity index (χ1n) is 5.90. The van der Waals surface area contributed by atoms with Crippen molar-refractivity contribution in [1.29, 1.82) is 0 Å². The molecule has 1 aromatic rings. The number of ether oxygens (including phenoxy) is 2. The molecule has 8 nitrogen and oxygen atoms in total. The van der Waals surface area contributed by atoms with Crippen LogP contribution >= 0.6 is 0 Å². The van der Waals surface area contributed by atoms with Gasteiger partial charge in [-0.25, -0.2) is 4.98 Å². The van der Waals surface area contributed by atoms with Gasteiger partial charge in [-0.15, -0.1) is 0 Å². The van der Waals surface area contributed by atoms with E-state index in [2.05, 4.69) is 9.97 Å². The number of nitrogens with two attached hydrogens (primary N) is 1. The predicted molar refractivity (Wildman–Crippen MR) is 69.0 cm³/mol. The highest BCUT2D eigenvalue weighted by atomic mass is 16.6. The quantitative estimate of drug-likeness (QED) is 0.451. The van der Waals surface area contributed by atoms with Crippen molar-refractivity contribution < 1.29 is 14.4 Å². The average Bonchev–Trinajstić information content (AvgIpc) is 2.26. The maximum Gasteiger partial charge on any atom is 0.352 e. The molecular formula is C11H18N4O4. The number of aryl methyl sites for hydroxylation is 1. The van der Waals surface area contributed by atoms with Crippen LogP contribution in [0.25, 0.3) is 0 Å². The summed E-state index contributed by atoms with van der Waals surface area (Å²) >= 11 is 0. The molecule has 0 unspecified atom stereocenters. The van der Waals surface area contributed by atoms with E-state index in [1.807, 2.05) is 13.8 Å². The van der Waals surface area contributed by atoms with Gasteiger partial charge in [0.15, 0.2) is 0 Å². The van der Waals surface area contributed by atoms with Gasteiger partial charge in [0.05, 0.1) is 11.5 Å². The highest BCUT2D eigenvalue weighted by molar-refractivity contribution is 5.47. The van der Waals surface area contributed by atoms with Crippen LogP contribution in [0, 0.1) is 23.0 Å². The van der Waals surface area contributed by atoms with Gasteiger partial charge in [-0.2, -0.15) is 4.98 Å². The molecule has 0 amide bonds. The second-order valence-electron chi connectivity index (χ2n) is 4.40. The molecule has 0 fully saturated rings. The molecule has 0 aliphatic carbocycles. The van der Waals surface area contributed by atoms with E-state index in [1.165, 1.54) is 6.92 Å². The van der Waals surface area contributed by atoms with Gasteiger partial charge in [-0.05, 0) is 12.8 Å². The van der Waals surface area contributed by atoms with Gasteiger partial charge in [-0.3, -0.25) is 10.1 Å². The molecule has 2 N–H and O–H groups in total. The monoisotopic (exact) mass is 270 g/mol. The fraction of sp³-hybridized carbons (Fsp3) is 0.636. The van der Waals surface area contributed by atoms with Gasteiger partial charge in [0.25, 0.3) is 5.88 Å². The zero-order chi connectivity index (χ0) is 14.4. The summed E-state index contributed by atoms with van der Waals surface area (Å²) in [5.41, 5.74) is 5.35. The van der Waals surface area contributed by atoms with Gasteiger partial charge in [0.1, 0.15) is 12.3 Å². The summed E-state index contributed by atoms with van der Waals surface area (Å²) < 4.78 is 10.6. The minimum atomic E-state index is -0.584. The van der Waals surface area contributed by atoms with Crippen molar-refractivity contribution in [3.05, 3.63) is 15.8 Å². The number of nitro groups is 1. The summed E-state index contributed by atoms with van der Waals surface area (Å²) in [4.78, 5) is 17.8. The molecule has 0 saturated carbocycles. The molecule has 1 heterocycles. The standard InChI is InChI=1S/C11H18N4O4/c1-7(2)6-18-4-5-19-10-9(15(16)17)8(3)13-11(12)14-10/h7H,4-6H2,1-3H3,(H2,12,13,14). The van der Waals surface area contributed by atoms with Crippen molar-refractivity contribution in [2.24, 2.45) is 5.92 Å². The number of nitrogens with zero attached hydrogens (tertiary/aromatic N) is 3. The molecule has 1 aromatic heterocycles. The van der Waals surface area contributed by atoms with Crippen LogP contribution in [-0.4, -0.2) is 34.7 Å². The van der Waals surface area contributed by atoms with E-state index in [9.17, 15) is 10.1 Å². The Bertz CT molecular complexity index is 451. The molecule has 0 aromatic carbocycles. The number of hydrogen-bond donors (Lipinski definition) is 1. The number of rotatable bonds is 7. The van der Waals surface area contributed by atoms with Crippen LogP contribution in [0.15, 0.2) is 0 Å². The van der Waals surface area contributed by atoms with Gasteiger partial charge in [0.2, 0.25) is 5.95 Å². The van der Waals surface area contributed by atoms with Crippen molar-refractivity contribution in [2.45, 2.75) is 20.8 Å². The Balaban J connectivity index is 2.64. The van der Waals surface area contributed by atoms with Crippen LogP contribution in [0.2, 0.25) is 0 Å². The van der Waals surface area contributed by atoms with Crippen LogP contribution in [0.3, 0.4) is 0 Å². The molecule has 0 bridgehead atoms. The van der Waals surface area contributed by atoms with Crippen molar-refractivity contribution in [1.82, 2.24) is 9.97 Å². The van der Waals surface area contributed by atoms with E-state index in [4.69, 9.17) is 15.2 Å². The molecule has 8 heteroatoms. The number of aromatic nitrogens is 2. The van der Waals surface area contributed by atoms with Gasteiger partial charge in [-0.1, -0.05) is 13.8 Å². The molecule has 0 saturated heterocycles. The molecule has 106 valence electrons. The lowest BCUT2D eigenvalue weighted by Crippen LogP contribution is -2.13. The number of nitrogen functional groups attached to an aromatic ring is 1. The zero-order valence-electron chi connectivity index (χ0n) is 11.3. The number of hydrogen-bond acceptors (Lipinski definition) is 7. The fourth-order valence-electron chi connectivity index (χ4n) is 1.39. The minimum absolute atomic E-state index is 0.0544. The van der Waals surface area contributed by atoms with Crippen molar-refractivity contribution in [2.75, 3.05) is 25.6 Å². The zero-order valence-corrected chi connectivity index (χ0v) is 11.3. The van der Waals surface area contributed by atoms with Crippen LogP contribution in [0.4, 0.5) is 11.6 Å². The third-order valence-electron chi connectivity index (χ3n) is 2.14. The molecule has 19 heavy (non-hydrogen) atoms. The number of anilines is 1. The van der Waals surface area contributed by atoms with Crippen LogP contribution < -0.4 is 10.5 Å². The van der Waals surface area contributed by atoms with Crippen LogP contribution in [0.1, 0.15) is 19.5 Å². The third kappa shape index (κ3) is 4.66. The third-order valence-corrected chi connectivity index (χ3v) is 2.14. The lowest BCUT2D eigenvalue weighted by atomic mass is 10.2. The smallest absolute Gasteiger partial charge is 0.352 e. The Hall–Kier alpha value is -1.96. The lowest BCUT2D eigenvalue weighted by molar-refractivity contribution is -0.387. The fourth-order valence-corrected chi connectivity index (χ4v) is 1.39. The molecule has 0 radical (unpaired) electrons. The molecular weight excluding hydrogens is 252 g/mol. The Morgan fingerprint density at radius 2 is 2.05 bits per heavy atom. The summed E-state index contributed by atoms with van der Waals surface area (Å²) in [6.07, 6.45) is 0. The summed E-state index contributed by atoms with van der Waals surface area (Å²) in [5, 5.41) is 10.9. The minimum Gasteiger partial charge on any atom is -0.470 e. The first kappa shape index (κ1) is 15.1. The largest absolute Gasteiger partial charge is 0.470 e. The highest BCUT2D eigenvalue weighted by Gasteiger charge is 2.22. The summed E-state index contributed by atoms with van der Waals surface area (Å²) in [7, 11) is 0. The van der Waals surface area contributed by atoms with E-state index in [-0.39, 0.29) is 29.8 Å². The first-order valence-corrected chi connectivity index (χ1v) is 5.90.